The molecule has 0 aromatic heterocycles. The number of ether oxygens (including phenoxy) is 2. The zero-order valence-electron chi connectivity index (χ0n) is 16.0. The van der Waals surface area contributed by atoms with Crippen molar-refractivity contribution in [2.24, 2.45) is 0 Å². The Bertz CT molecular complexity index is 892. The Morgan fingerprint density at radius 1 is 1.26 bits per heavy atom. The first-order chi connectivity index (χ1) is 13.0. The third-order valence-corrected chi connectivity index (χ3v) is 4.85. The lowest BCUT2D eigenvalue weighted by Crippen LogP contribution is -2.36. The highest BCUT2D eigenvalue weighted by Crippen LogP contribution is 2.36. The summed E-state index contributed by atoms with van der Waals surface area (Å²) in [6.07, 6.45) is 3.88. The van der Waals surface area contributed by atoms with Crippen molar-refractivity contribution < 1.29 is 18.7 Å². The summed E-state index contributed by atoms with van der Waals surface area (Å²) < 4.78 is 24.7. The molecule has 142 valence electrons. The van der Waals surface area contributed by atoms with Crippen LogP contribution in [-0.2, 0) is 12.8 Å². The number of carbonyl (C=O) groups excluding carboxylic acids is 1. The highest BCUT2D eigenvalue weighted by molar-refractivity contribution is 6.07. The molecule has 0 N–H and O–H groups in total. The van der Waals surface area contributed by atoms with Crippen molar-refractivity contribution in [1.82, 2.24) is 0 Å². The molecule has 2 aromatic rings. The first-order valence-corrected chi connectivity index (χ1v) is 8.96. The van der Waals surface area contributed by atoms with Gasteiger partial charge in [-0.1, -0.05) is 6.08 Å². The first kappa shape index (κ1) is 19.0. The maximum absolute atomic E-state index is 13.8. The molecular formula is C22H24FNO3. The topological polar surface area (TPSA) is 38.8 Å². The van der Waals surface area contributed by atoms with Crippen LogP contribution in [0.25, 0.3) is 0 Å². The molecule has 1 aliphatic heterocycles. The standard InChI is InChI=1S/C22H24FNO3/c1-5-7-16-11-17(13-19(26-3)21(16)27-4)22(25)24-9-6-8-15-12-18(23)10-14(2)20(15)24/h5,10-13H,1,6-9H2,2-4H3. The Hall–Kier alpha value is -2.82. The largest absolute Gasteiger partial charge is 0.493 e. The SMILES string of the molecule is C=CCc1cc(C(=O)N2CCCc3cc(F)cc(C)c32)cc(OC)c1OC. The van der Waals surface area contributed by atoms with Gasteiger partial charge in [-0.05, 0) is 61.6 Å². The van der Waals surface area contributed by atoms with Crippen molar-refractivity contribution in [3.63, 3.8) is 0 Å². The number of fused-ring (bicyclic) bond motifs is 1. The number of hydrogen-bond acceptors (Lipinski definition) is 3. The molecule has 0 spiro atoms. The molecule has 0 saturated carbocycles. The maximum Gasteiger partial charge on any atom is 0.258 e. The van der Waals surface area contributed by atoms with Crippen LogP contribution in [0.1, 0.15) is 33.5 Å². The number of amides is 1. The van der Waals surface area contributed by atoms with E-state index in [-0.39, 0.29) is 11.7 Å². The molecule has 0 fully saturated rings. The molecule has 4 nitrogen and oxygen atoms in total. The molecular weight excluding hydrogens is 345 g/mol. The van der Waals surface area contributed by atoms with Gasteiger partial charge in [-0.15, -0.1) is 6.58 Å². The lowest BCUT2D eigenvalue weighted by atomic mass is 9.96. The van der Waals surface area contributed by atoms with Gasteiger partial charge in [0, 0.05) is 17.7 Å². The fourth-order valence-electron chi connectivity index (χ4n) is 3.75. The normalized spacial score (nSPS) is 13.1. The Balaban J connectivity index is 2.07. The summed E-state index contributed by atoms with van der Waals surface area (Å²) in [5.41, 5.74) is 3.81. The molecule has 0 unspecified atom stereocenters. The van der Waals surface area contributed by atoms with Gasteiger partial charge >= 0.3 is 0 Å². The number of halogens is 1. The van der Waals surface area contributed by atoms with Gasteiger partial charge in [-0.25, -0.2) is 4.39 Å². The maximum atomic E-state index is 13.8. The lowest BCUT2D eigenvalue weighted by molar-refractivity contribution is 0.0984. The van der Waals surface area contributed by atoms with Gasteiger partial charge in [-0.3, -0.25) is 4.79 Å². The summed E-state index contributed by atoms with van der Waals surface area (Å²) in [5.74, 6) is 0.719. The number of hydrogen-bond donors (Lipinski definition) is 0. The number of aryl methyl sites for hydroxylation is 2. The van der Waals surface area contributed by atoms with Crippen LogP contribution in [0.15, 0.2) is 36.9 Å². The van der Waals surface area contributed by atoms with Crippen LogP contribution in [-0.4, -0.2) is 26.7 Å². The predicted molar refractivity (Wildman–Crippen MR) is 105 cm³/mol. The first-order valence-electron chi connectivity index (χ1n) is 8.96. The van der Waals surface area contributed by atoms with Crippen molar-refractivity contribution in [2.75, 3.05) is 25.7 Å². The summed E-state index contributed by atoms with van der Waals surface area (Å²) in [4.78, 5) is 15.1. The molecule has 27 heavy (non-hydrogen) atoms. The van der Waals surface area contributed by atoms with Crippen LogP contribution < -0.4 is 14.4 Å². The van der Waals surface area contributed by atoms with Crippen molar-refractivity contribution in [3.8, 4) is 11.5 Å². The third kappa shape index (κ3) is 3.54. The number of methoxy groups -OCH3 is 2. The third-order valence-electron chi connectivity index (χ3n) is 4.85. The Labute approximate surface area is 159 Å². The van der Waals surface area contributed by atoms with Gasteiger partial charge < -0.3 is 14.4 Å². The molecule has 0 atom stereocenters. The molecule has 0 aliphatic carbocycles. The Kier molecular flexibility index (Phi) is 5.49. The molecule has 2 aromatic carbocycles. The van der Waals surface area contributed by atoms with Crippen molar-refractivity contribution in [3.05, 3.63) is 65.0 Å². The minimum Gasteiger partial charge on any atom is -0.493 e. The number of carbonyl (C=O) groups is 1. The minimum atomic E-state index is -0.264. The van der Waals surface area contributed by atoms with Gasteiger partial charge in [0.25, 0.3) is 5.91 Å². The van der Waals surface area contributed by atoms with E-state index in [4.69, 9.17) is 9.47 Å². The monoisotopic (exact) mass is 369 g/mol. The predicted octanol–water partition coefficient (Wildman–Crippen LogP) is 4.47. The highest BCUT2D eigenvalue weighted by Gasteiger charge is 2.27. The van der Waals surface area contributed by atoms with Crippen LogP contribution in [0.4, 0.5) is 10.1 Å². The average Bonchev–Trinajstić information content (AvgIpc) is 2.66. The van der Waals surface area contributed by atoms with Gasteiger partial charge in [-0.2, -0.15) is 0 Å². The average molecular weight is 369 g/mol. The second kappa shape index (κ2) is 7.82. The van der Waals surface area contributed by atoms with Crippen LogP contribution in [0.2, 0.25) is 0 Å². The molecule has 5 heteroatoms. The van der Waals surface area contributed by atoms with E-state index >= 15 is 0 Å². The minimum absolute atomic E-state index is 0.128. The van der Waals surface area contributed by atoms with E-state index in [2.05, 4.69) is 6.58 Å². The fraction of sp³-hybridized carbons (Fsp3) is 0.318. The summed E-state index contributed by atoms with van der Waals surface area (Å²) >= 11 is 0. The summed E-state index contributed by atoms with van der Waals surface area (Å²) in [5, 5.41) is 0. The molecule has 3 rings (SSSR count). The molecule has 0 bridgehead atoms. The Morgan fingerprint density at radius 3 is 2.70 bits per heavy atom. The van der Waals surface area contributed by atoms with Crippen LogP contribution in [0.5, 0.6) is 11.5 Å². The van der Waals surface area contributed by atoms with E-state index in [0.29, 0.717) is 30.0 Å². The molecule has 0 radical (unpaired) electrons. The number of nitrogens with zero attached hydrogens (tertiary/aromatic N) is 1. The smallest absolute Gasteiger partial charge is 0.258 e. The zero-order valence-corrected chi connectivity index (χ0v) is 16.0. The number of rotatable bonds is 5. The van der Waals surface area contributed by atoms with E-state index in [0.717, 1.165) is 35.2 Å². The quantitative estimate of drug-likeness (QED) is 0.730. The van der Waals surface area contributed by atoms with E-state index < -0.39 is 0 Å². The van der Waals surface area contributed by atoms with Crippen LogP contribution in [0.3, 0.4) is 0 Å². The molecule has 1 aliphatic rings. The van der Waals surface area contributed by atoms with Gasteiger partial charge in [0.15, 0.2) is 11.5 Å². The van der Waals surface area contributed by atoms with Crippen LogP contribution >= 0.6 is 0 Å². The van der Waals surface area contributed by atoms with E-state index in [1.54, 1.807) is 31.3 Å². The number of benzene rings is 2. The van der Waals surface area contributed by atoms with Crippen molar-refractivity contribution in [1.29, 1.82) is 0 Å². The molecule has 1 amide bonds. The van der Waals surface area contributed by atoms with Crippen molar-refractivity contribution >= 4 is 11.6 Å². The van der Waals surface area contributed by atoms with E-state index in [1.807, 2.05) is 13.0 Å². The van der Waals surface area contributed by atoms with Gasteiger partial charge in [0.1, 0.15) is 5.82 Å². The molecule has 1 heterocycles. The molecule has 0 saturated heterocycles. The number of allylic oxidation sites excluding steroid dienone is 1. The summed E-state index contributed by atoms with van der Waals surface area (Å²) in [6.45, 7) is 6.21. The summed E-state index contributed by atoms with van der Waals surface area (Å²) in [7, 11) is 3.12. The second-order valence-electron chi connectivity index (χ2n) is 6.65. The van der Waals surface area contributed by atoms with E-state index in [1.165, 1.54) is 12.1 Å². The van der Waals surface area contributed by atoms with Crippen molar-refractivity contribution in [2.45, 2.75) is 26.2 Å². The van der Waals surface area contributed by atoms with E-state index in [9.17, 15) is 9.18 Å². The van der Waals surface area contributed by atoms with Gasteiger partial charge in [0.05, 0.1) is 19.9 Å². The lowest BCUT2D eigenvalue weighted by Gasteiger charge is -2.31. The highest BCUT2D eigenvalue weighted by atomic mass is 19.1. The zero-order chi connectivity index (χ0) is 19.6. The second-order valence-corrected chi connectivity index (χ2v) is 6.65. The Morgan fingerprint density at radius 2 is 2.04 bits per heavy atom. The fourth-order valence-corrected chi connectivity index (χ4v) is 3.75. The van der Waals surface area contributed by atoms with Gasteiger partial charge in [0.2, 0.25) is 0 Å². The summed E-state index contributed by atoms with van der Waals surface area (Å²) in [6, 6.07) is 6.51. The van der Waals surface area contributed by atoms with Crippen LogP contribution in [0, 0.1) is 12.7 Å². The number of anilines is 1.